The quantitative estimate of drug-likeness (QED) is 0.861. The summed E-state index contributed by atoms with van der Waals surface area (Å²) in [5.41, 5.74) is 2.70. The van der Waals surface area contributed by atoms with Crippen molar-refractivity contribution in [2.75, 3.05) is 25.0 Å². The molecule has 0 spiro atoms. The summed E-state index contributed by atoms with van der Waals surface area (Å²) in [7, 11) is 0. The van der Waals surface area contributed by atoms with Gasteiger partial charge in [0.2, 0.25) is 0 Å². The molecule has 0 aliphatic carbocycles. The topological polar surface area (TPSA) is 50.4 Å². The number of benzene rings is 1. The van der Waals surface area contributed by atoms with Gasteiger partial charge in [-0.3, -0.25) is 4.79 Å². The molecule has 1 atom stereocenters. The lowest BCUT2D eigenvalue weighted by Crippen LogP contribution is -2.45. The Morgan fingerprint density at radius 3 is 2.89 bits per heavy atom. The Bertz CT molecular complexity index is 433. The van der Waals surface area contributed by atoms with Crippen molar-refractivity contribution in [3.05, 3.63) is 28.3 Å². The van der Waals surface area contributed by atoms with Crippen LogP contribution in [-0.2, 0) is 9.53 Å². The summed E-state index contributed by atoms with van der Waals surface area (Å²) in [6, 6.07) is 3.83. The minimum atomic E-state index is -0.449. The lowest BCUT2D eigenvalue weighted by Gasteiger charge is -2.23. The van der Waals surface area contributed by atoms with Crippen LogP contribution in [0.15, 0.2) is 12.1 Å². The average molecular weight is 269 g/mol. The summed E-state index contributed by atoms with van der Waals surface area (Å²) in [6.45, 7) is 5.77. The van der Waals surface area contributed by atoms with Crippen LogP contribution in [0.4, 0.5) is 5.69 Å². The third-order valence-electron chi connectivity index (χ3n) is 2.90. The first-order chi connectivity index (χ1) is 8.58. The summed E-state index contributed by atoms with van der Waals surface area (Å²) < 4.78 is 5.40. The fourth-order valence-electron chi connectivity index (χ4n) is 2.01. The van der Waals surface area contributed by atoms with Crippen LogP contribution in [0, 0.1) is 13.8 Å². The van der Waals surface area contributed by atoms with Gasteiger partial charge in [0.15, 0.2) is 0 Å². The van der Waals surface area contributed by atoms with Gasteiger partial charge < -0.3 is 15.4 Å². The van der Waals surface area contributed by atoms with Crippen LogP contribution in [0.2, 0.25) is 5.02 Å². The number of carbonyl (C=O) groups is 1. The molecule has 1 heterocycles. The van der Waals surface area contributed by atoms with E-state index in [1.807, 2.05) is 26.0 Å². The van der Waals surface area contributed by atoms with E-state index in [1.54, 1.807) is 0 Å². The third-order valence-corrected chi connectivity index (χ3v) is 3.20. The van der Waals surface area contributed by atoms with E-state index in [2.05, 4.69) is 10.6 Å². The number of anilines is 1. The van der Waals surface area contributed by atoms with E-state index in [4.69, 9.17) is 16.3 Å². The fourth-order valence-corrected chi connectivity index (χ4v) is 2.38. The van der Waals surface area contributed by atoms with E-state index >= 15 is 0 Å². The zero-order valence-corrected chi connectivity index (χ0v) is 11.3. The summed E-state index contributed by atoms with van der Waals surface area (Å²) in [5.74, 6) is -0.156. The number of ether oxygens (including phenoxy) is 1. The smallest absolute Gasteiger partial charge is 0.254 e. The summed E-state index contributed by atoms with van der Waals surface area (Å²) in [4.78, 5) is 12.0. The highest BCUT2D eigenvalue weighted by atomic mass is 35.5. The second-order valence-corrected chi connectivity index (χ2v) is 4.90. The molecule has 1 fully saturated rings. The largest absolute Gasteiger partial charge is 0.366 e. The standard InChI is InChI=1S/C13H17ClN2O2/c1-8-5-9(2)12(10(14)6-8)16-13(17)11-7-15-3-4-18-11/h5-6,11,15H,3-4,7H2,1-2H3,(H,16,17). The number of hydrogen-bond donors (Lipinski definition) is 2. The number of amides is 1. The Labute approximate surface area is 112 Å². The van der Waals surface area contributed by atoms with Gasteiger partial charge in [0.1, 0.15) is 6.10 Å². The number of halogens is 1. The van der Waals surface area contributed by atoms with E-state index in [9.17, 15) is 4.79 Å². The monoisotopic (exact) mass is 268 g/mol. The molecule has 1 unspecified atom stereocenters. The van der Waals surface area contributed by atoms with Crippen LogP contribution in [0.5, 0.6) is 0 Å². The fraction of sp³-hybridized carbons (Fsp3) is 0.462. The lowest BCUT2D eigenvalue weighted by atomic mass is 10.1. The maximum Gasteiger partial charge on any atom is 0.254 e. The van der Waals surface area contributed by atoms with Crippen LogP contribution in [0.25, 0.3) is 0 Å². The molecule has 1 aliphatic rings. The van der Waals surface area contributed by atoms with E-state index < -0.39 is 6.10 Å². The summed E-state index contributed by atoms with van der Waals surface area (Å²) >= 11 is 6.15. The number of hydrogen-bond acceptors (Lipinski definition) is 3. The first kappa shape index (κ1) is 13.3. The molecule has 0 bridgehead atoms. The average Bonchev–Trinajstić information content (AvgIpc) is 2.34. The second kappa shape index (κ2) is 5.69. The molecule has 1 amide bonds. The maximum absolute atomic E-state index is 12.0. The van der Waals surface area contributed by atoms with Gasteiger partial charge in [-0.25, -0.2) is 0 Å². The number of morpholine rings is 1. The van der Waals surface area contributed by atoms with Crippen molar-refractivity contribution in [2.24, 2.45) is 0 Å². The molecule has 2 rings (SSSR count). The van der Waals surface area contributed by atoms with Crippen molar-refractivity contribution in [3.63, 3.8) is 0 Å². The highest BCUT2D eigenvalue weighted by molar-refractivity contribution is 6.34. The van der Waals surface area contributed by atoms with Crippen molar-refractivity contribution in [2.45, 2.75) is 20.0 Å². The van der Waals surface area contributed by atoms with Gasteiger partial charge in [0.25, 0.3) is 5.91 Å². The SMILES string of the molecule is Cc1cc(C)c(NC(=O)C2CNCCO2)c(Cl)c1. The maximum atomic E-state index is 12.0. The Morgan fingerprint density at radius 1 is 1.50 bits per heavy atom. The van der Waals surface area contributed by atoms with Crippen LogP contribution >= 0.6 is 11.6 Å². The molecule has 98 valence electrons. The Hall–Kier alpha value is -1.10. The van der Waals surface area contributed by atoms with Gasteiger partial charge in [-0.15, -0.1) is 0 Å². The molecule has 1 aromatic rings. The molecule has 5 heteroatoms. The number of rotatable bonds is 2. The van der Waals surface area contributed by atoms with Crippen molar-refractivity contribution < 1.29 is 9.53 Å². The Kier molecular flexibility index (Phi) is 4.22. The van der Waals surface area contributed by atoms with Gasteiger partial charge in [0.05, 0.1) is 17.3 Å². The molecular weight excluding hydrogens is 252 g/mol. The van der Waals surface area contributed by atoms with Crippen LogP contribution in [-0.4, -0.2) is 31.7 Å². The van der Waals surface area contributed by atoms with Gasteiger partial charge in [-0.2, -0.15) is 0 Å². The zero-order chi connectivity index (χ0) is 13.1. The molecule has 1 aromatic carbocycles. The van der Waals surface area contributed by atoms with Crippen molar-refractivity contribution in [3.8, 4) is 0 Å². The van der Waals surface area contributed by atoms with E-state index in [1.165, 1.54) is 0 Å². The number of nitrogens with one attached hydrogen (secondary N) is 2. The minimum Gasteiger partial charge on any atom is -0.366 e. The van der Waals surface area contributed by atoms with Crippen LogP contribution in [0.1, 0.15) is 11.1 Å². The molecule has 1 aliphatic heterocycles. The predicted molar refractivity (Wildman–Crippen MR) is 72.2 cm³/mol. The van der Waals surface area contributed by atoms with Gasteiger partial charge in [-0.1, -0.05) is 17.7 Å². The Balaban J connectivity index is 2.11. The van der Waals surface area contributed by atoms with Crippen LogP contribution in [0.3, 0.4) is 0 Å². The highest BCUT2D eigenvalue weighted by Gasteiger charge is 2.22. The number of aryl methyl sites for hydroxylation is 2. The molecule has 0 aromatic heterocycles. The molecule has 0 radical (unpaired) electrons. The summed E-state index contributed by atoms with van der Waals surface area (Å²) in [5, 5.41) is 6.52. The molecule has 0 saturated carbocycles. The molecular formula is C13H17ClN2O2. The normalized spacial score (nSPS) is 19.6. The van der Waals surface area contributed by atoms with Crippen LogP contribution < -0.4 is 10.6 Å². The van der Waals surface area contributed by atoms with E-state index in [-0.39, 0.29) is 5.91 Å². The summed E-state index contributed by atoms with van der Waals surface area (Å²) in [6.07, 6.45) is -0.449. The Morgan fingerprint density at radius 2 is 2.28 bits per heavy atom. The van der Waals surface area contributed by atoms with E-state index in [0.29, 0.717) is 23.9 Å². The lowest BCUT2D eigenvalue weighted by molar-refractivity contribution is -0.128. The zero-order valence-electron chi connectivity index (χ0n) is 10.5. The second-order valence-electron chi connectivity index (χ2n) is 4.49. The first-order valence-electron chi connectivity index (χ1n) is 5.98. The molecule has 1 saturated heterocycles. The van der Waals surface area contributed by atoms with Gasteiger partial charge in [-0.05, 0) is 31.0 Å². The minimum absolute atomic E-state index is 0.156. The van der Waals surface area contributed by atoms with Crippen molar-refractivity contribution >= 4 is 23.2 Å². The van der Waals surface area contributed by atoms with Gasteiger partial charge in [0, 0.05) is 13.1 Å². The van der Waals surface area contributed by atoms with Crippen molar-refractivity contribution in [1.82, 2.24) is 5.32 Å². The molecule has 2 N–H and O–H groups in total. The molecule has 4 nitrogen and oxygen atoms in total. The number of carbonyl (C=O) groups excluding carboxylic acids is 1. The third kappa shape index (κ3) is 3.02. The van der Waals surface area contributed by atoms with E-state index in [0.717, 1.165) is 17.7 Å². The molecule has 18 heavy (non-hydrogen) atoms. The van der Waals surface area contributed by atoms with Crippen molar-refractivity contribution in [1.29, 1.82) is 0 Å². The first-order valence-corrected chi connectivity index (χ1v) is 6.35. The van der Waals surface area contributed by atoms with Gasteiger partial charge >= 0.3 is 0 Å². The highest BCUT2D eigenvalue weighted by Crippen LogP contribution is 2.27. The predicted octanol–water partition coefficient (Wildman–Crippen LogP) is 1.88.